The Kier molecular flexibility index (Phi) is 11.1. The Morgan fingerprint density at radius 2 is 1.94 bits per heavy atom. The van der Waals surface area contributed by atoms with Crippen LogP contribution in [-0.4, -0.2) is 37.7 Å². The maximum absolute atomic E-state index is 12.4. The van der Waals surface area contributed by atoms with Crippen LogP contribution in [0.4, 0.5) is 0 Å². The van der Waals surface area contributed by atoms with Crippen LogP contribution in [-0.2, 0) is 17.8 Å². The van der Waals surface area contributed by atoms with Gasteiger partial charge >= 0.3 is 0 Å². The average molecular weight is 557 g/mol. The van der Waals surface area contributed by atoms with Gasteiger partial charge in [0.1, 0.15) is 0 Å². The van der Waals surface area contributed by atoms with E-state index < -0.39 is 0 Å². The molecule has 31 heavy (non-hydrogen) atoms. The highest BCUT2D eigenvalue weighted by Crippen LogP contribution is 2.12. The fraction of sp³-hybridized carbons (Fsp3) is 0.391. The molecule has 3 rings (SSSR count). The van der Waals surface area contributed by atoms with E-state index in [1.807, 2.05) is 55.5 Å². The lowest BCUT2D eigenvalue weighted by atomic mass is 10.1. The van der Waals surface area contributed by atoms with Gasteiger partial charge in [0.05, 0.1) is 12.6 Å². The summed E-state index contributed by atoms with van der Waals surface area (Å²) < 4.78 is 5.56. The number of nitrogens with one attached hydrogen (secondary N) is 3. The minimum absolute atomic E-state index is 0. The van der Waals surface area contributed by atoms with E-state index in [9.17, 15) is 4.79 Å². The van der Waals surface area contributed by atoms with E-state index in [2.05, 4.69) is 20.9 Å². The van der Waals surface area contributed by atoms with E-state index in [4.69, 9.17) is 16.3 Å². The third kappa shape index (κ3) is 8.66. The molecule has 0 spiro atoms. The molecule has 8 heteroatoms. The monoisotopic (exact) mass is 556 g/mol. The lowest BCUT2D eigenvalue weighted by Crippen LogP contribution is -2.37. The van der Waals surface area contributed by atoms with Gasteiger partial charge in [-0.3, -0.25) is 4.79 Å². The molecule has 1 heterocycles. The maximum Gasteiger partial charge on any atom is 0.251 e. The normalized spacial score (nSPS) is 15.8. The summed E-state index contributed by atoms with van der Waals surface area (Å²) in [6.07, 6.45) is 2.21. The highest BCUT2D eigenvalue weighted by Gasteiger charge is 2.16. The number of nitrogens with zero attached hydrogens (tertiary/aromatic N) is 1. The van der Waals surface area contributed by atoms with Crippen molar-refractivity contribution in [3.8, 4) is 0 Å². The average Bonchev–Trinajstić information content (AvgIpc) is 3.28. The van der Waals surface area contributed by atoms with Crippen LogP contribution in [0, 0.1) is 0 Å². The molecule has 1 unspecified atom stereocenters. The molecule has 1 fully saturated rings. The van der Waals surface area contributed by atoms with Crippen molar-refractivity contribution in [3.63, 3.8) is 0 Å². The molecule has 1 aliphatic rings. The van der Waals surface area contributed by atoms with E-state index in [-0.39, 0.29) is 36.0 Å². The van der Waals surface area contributed by atoms with E-state index in [1.54, 1.807) is 0 Å². The van der Waals surface area contributed by atoms with Gasteiger partial charge in [0.15, 0.2) is 5.96 Å². The standard InChI is InChI=1S/C23H29ClN4O2.HI/c1-2-25-23(28-15-18-7-4-9-20(24)13-18)27-14-17-6-3-8-19(12-17)22(29)26-16-21-10-5-11-30-21;/h3-4,6-9,12-13,21H,2,5,10-11,14-16H2,1H3,(H,26,29)(H2,25,27,28);1H. The number of guanidine groups is 1. The first kappa shape index (κ1) is 25.4. The summed E-state index contributed by atoms with van der Waals surface area (Å²) in [6, 6.07) is 15.3. The number of halogens is 2. The first-order valence-electron chi connectivity index (χ1n) is 10.4. The Morgan fingerprint density at radius 3 is 2.68 bits per heavy atom. The Bertz CT molecular complexity index is 872. The third-order valence-corrected chi connectivity index (χ3v) is 5.05. The topological polar surface area (TPSA) is 74.8 Å². The number of rotatable bonds is 8. The van der Waals surface area contributed by atoms with E-state index in [0.29, 0.717) is 36.2 Å². The van der Waals surface area contributed by atoms with Crippen LogP contribution in [0.2, 0.25) is 5.02 Å². The van der Waals surface area contributed by atoms with Crippen molar-refractivity contribution >= 4 is 47.4 Å². The van der Waals surface area contributed by atoms with Gasteiger partial charge in [-0.15, -0.1) is 24.0 Å². The Morgan fingerprint density at radius 1 is 1.13 bits per heavy atom. The summed E-state index contributed by atoms with van der Waals surface area (Å²) in [6.45, 7) is 5.22. The van der Waals surface area contributed by atoms with E-state index in [0.717, 1.165) is 37.1 Å². The van der Waals surface area contributed by atoms with E-state index in [1.165, 1.54) is 0 Å². The molecule has 6 nitrogen and oxygen atoms in total. The minimum Gasteiger partial charge on any atom is -0.376 e. The van der Waals surface area contributed by atoms with Crippen molar-refractivity contribution in [1.29, 1.82) is 0 Å². The van der Waals surface area contributed by atoms with Crippen LogP contribution >= 0.6 is 35.6 Å². The predicted molar refractivity (Wildman–Crippen MR) is 136 cm³/mol. The van der Waals surface area contributed by atoms with Crippen molar-refractivity contribution in [2.24, 2.45) is 4.99 Å². The molecule has 2 aromatic carbocycles. The molecule has 3 N–H and O–H groups in total. The number of carbonyl (C=O) groups is 1. The quantitative estimate of drug-likeness (QED) is 0.260. The zero-order valence-corrected chi connectivity index (χ0v) is 20.8. The van der Waals surface area contributed by atoms with Gasteiger partial charge in [0, 0.05) is 36.8 Å². The minimum atomic E-state index is -0.0751. The van der Waals surface area contributed by atoms with E-state index >= 15 is 0 Å². The van der Waals surface area contributed by atoms with Crippen molar-refractivity contribution < 1.29 is 9.53 Å². The number of hydrogen-bond acceptors (Lipinski definition) is 3. The largest absolute Gasteiger partial charge is 0.376 e. The summed E-state index contributed by atoms with van der Waals surface area (Å²) in [7, 11) is 0. The zero-order chi connectivity index (χ0) is 21.2. The number of ether oxygens (including phenoxy) is 1. The van der Waals surface area contributed by atoms with Crippen molar-refractivity contribution in [1.82, 2.24) is 16.0 Å². The molecule has 1 amide bonds. The lowest BCUT2D eigenvalue weighted by Gasteiger charge is -2.13. The van der Waals surface area contributed by atoms with Crippen molar-refractivity contribution in [3.05, 3.63) is 70.2 Å². The van der Waals surface area contributed by atoms with Gasteiger partial charge in [0.25, 0.3) is 5.91 Å². The Hall–Kier alpha value is -1.84. The Balaban J connectivity index is 0.00000341. The van der Waals surface area contributed by atoms with Gasteiger partial charge < -0.3 is 20.7 Å². The molecule has 0 aliphatic carbocycles. The van der Waals surface area contributed by atoms with Gasteiger partial charge in [-0.2, -0.15) is 0 Å². The van der Waals surface area contributed by atoms with Crippen LogP contribution in [0.3, 0.4) is 0 Å². The summed E-state index contributed by atoms with van der Waals surface area (Å²) in [4.78, 5) is 17.1. The summed E-state index contributed by atoms with van der Waals surface area (Å²) in [5, 5.41) is 10.2. The predicted octanol–water partition coefficient (Wildman–Crippen LogP) is 4.12. The van der Waals surface area contributed by atoms with Crippen molar-refractivity contribution in [2.75, 3.05) is 19.7 Å². The van der Waals surface area contributed by atoms with Crippen LogP contribution in [0.1, 0.15) is 41.3 Å². The highest BCUT2D eigenvalue weighted by molar-refractivity contribution is 14.0. The van der Waals surface area contributed by atoms with Gasteiger partial charge in [-0.05, 0) is 55.2 Å². The SMILES string of the molecule is CCNC(=NCc1cccc(Cl)c1)NCc1cccc(C(=O)NCC2CCCO2)c1.I. The molecule has 1 atom stereocenters. The van der Waals surface area contributed by atoms with Crippen LogP contribution in [0.5, 0.6) is 0 Å². The first-order chi connectivity index (χ1) is 14.6. The summed E-state index contributed by atoms with van der Waals surface area (Å²) >= 11 is 6.04. The van der Waals surface area contributed by atoms with Crippen LogP contribution < -0.4 is 16.0 Å². The smallest absolute Gasteiger partial charge is 0.251 e. The molecule has 168 valence electrons. The summed E-state index contributed by atoms with van der Waals surface area (Å²) in [5.41, 5.74) is 2.70. The highest BCUT2D eigenvalue weighted by atomic mass is 127. The Labute approximate surface area is 206 Å². The number of carbonyl (C=O) groups excluding carboxylic acids is 1. The fourth-order valence-electron chi connectivity index (χ4n) is 3.27. The van der Waals surface area contributed by atoms with Crippen LogP contribution in [0.25, 0.3) is 0 Å². The second kappa shape index (κ2) is 13.5. The molecule has 0 saturated carbocycles. The number of benzene rings is 2. The fourth-order valence-corrected chi connectivity index (χ4v) is 3.48. The van der Waals surface area contributed by atoms with Gasteiger partial charge in [-0.1, -0.05) is 35.9 Å². The second-order valence-electron chi connectivity index (χ2n) is 7.22. The molecular formula is C23H30ClIN4O2. The zero-order valence-electron chi connectivity index (χ0n) is 17.7. The molecule has 0 radical (unpaired) electrons. The molecule has 1 saturated heterocycles. The second-order valence-corrected chi connectivity index (χ2v) is 7.66. The number of aliphatic imine (C=N–C) groups is 1. The van der Waals surface area contributed by atoms with Gasteiger partial charge in [0.2, 0.25) is 0 Å². The first-order valence-corrected chi connectivity index (χ1v) is 10.8. The molecule has 0 aromatic heterocycles. The van der Waals surface area contributed by atoms with Crippen LogP contribution in [0.15, 0.2) is 53.5 Å². The molecule has 0 bridgehead atoms. The summed E-state index contributed by atoms with van der Waals surface area (Å²) in [5.74, 6) is 0.639. The maximum atomic E-state index is 12.4. The third-order valence-electron chi connectivity index (χ3n) is 4.82. The van der Waals surface area contributed by atoms with Crippen molar-refractivity contribution in [2.45, 2.75) is 39.0 Å². The molecule has 1 aliphatic heterocycles. The lowest BCUT2D eigenvalue weighted by molar-refractivity contribution is 0.0857. The van der Waals surface area contributed by atoms with Gasteiger partial charge in [-0.25, -0.2) is 4.99 Å². The number of hydrogen-bond donors (Lipinski definition) is 3. The number of amides is 1. The molecular weight excluding hydrogens is 527 g/mol. The molecule has 2 aromatic rings.